The molecule has 0 atom stereocenters. The van der Waals surface area contributed by atoms with Crippen LogP contribution in [0.15, 0.2) is 12.4 Å². The smallest absolute Gasteiger partial charge is 0.132 e. The highest BCUT2D eigenvalue weighted by Crippen LogP contribution is 2.13. The van der Waals surface area contributed by atoms with E-state index < -0.39 is 0 Å². The molecule has 0 spiro atoms. The predicted octanol–water partition coefficient (Wildman–Crippen LogP) is 0.970. The molecular weight excluding hydrogens is 301 g/mol. The first kappa shape index (κ1) is 8.88. The van der Waals surface area contributed by atoms with Gasteiger partial charge in [-0.15, -0.1) is 5.10 Å². The van der Waals surface area contributed by atoms with Gasteiger partial charge in [0.05, 0.1) is 16.3 Å². The maximum Gasteiger partial charge on any atom is 0.132 e. The van der Waals surface area contributed by atoms with Gasteiger partial charge in [-0.25, -0.2) is 0 Å². The Labute approximate surface area is 92.3 Å². The van der Waals surface area contributed by atoms with Crippen LogP contribution >= 0.6 is 34.1 Å². The molecule has 2 aromatic heterocycles. The minimum absolute atomic E-state index is 0.589. The third-order valence-electron chi connectivity index (χ3n) is 1.50. The van der Waals surface area contributed by atoms with Gasteiger partial charge in [0.2, 0.25) is 0 Å². The van der Waals surface area contributed by atoms with Gasteiger partial charge in [0.25, 0.3) is 0 Å². The van der Waals surface area contributed by atoms with Crippen LogP contribution in [0, 0.1) is 3.57 Å². The van der Waals surface area contributed by atoms with Gasteiger partial charge < -0.3 is 5.73 Å². The minimum atomic E-state index is 0.589. The van der Waals surface area contributed by atoms with Crippen molar-refractivity contribution in [2.75, 3.05) is 5.73 Å². The monoisotopic (exact) mass is 307 g/mol. The highest BCUT2D eigenvalue weighted by molar-refractivity contribution is 14.1. The Morgan fingerprint density at radius 2 is 2.46 bits per heavy atom. The summed E-state index contributed by atoms with van der Waals surface area (Å²) in [5.74, 6) is 0. The van der Waals surface area contributed by atoms with Crippen LogP contribution < -0.4 is 5.73 Å². The first-order chi connectivity index (χ1) is 6.25. The van der Waals surface area contributed by atoms with E-state index in [2.05, 4.69) is 37.3 Å². The molecule has 0 aliphatic carbocycles. The van der Waals surface area contributed by atoms with E-state index in [1.807, 2.05) is 6.20 Å². The number of rotatable bonds is 2. The van der Waals surface area contributed by atoms with Crippen molar-refractivity contribution in [3.05, 3.63) is 21.7 Å². The molecule has 0 unspecified atom stereocenters. The number of hydrogen-bond acceptors (Lipinski definition) is 5. The zero-order valence-electron chi connectivity index (χ0n) is 6.51. The van der Waals surface area contributed by atoms with Crippen LogP contribution in [0.25, 0.3) is 0 Å². The summed E-state index contributed by atoms with van der Waals surface area (Å²) < 4.78 is 6.63. The maximum atomic E-state index is 5.65. The molecule has 0 aliphatic heterocycles. The molecule has 2 rings (SSSR count). The summed E-state index contributed by atoms with van der Waals surface area (Å²) in [4.78, 5) is 0. The van der Waals surface area contributed by atoms with Gasteiger partial charge in [-0.2, -0.15) is 5.10 Å². The van der Waals surface area contributed by atoms with Gasteiger partial charge in [0, 0.05) is 17.7 Å². The van der Waals surface area contributed by atoms with Crippen molar-refractivity contribution >= 4 is 39.1 Å². The van der Waals surface area contributed by atoms with E-state index >= 15 is 0 Å². The summed E-state index contributed by atoms with van der Waals surface area (Å²) in [5.41, 5.74) is 6.43. The Hall–Kier alpha value is -0.700. The molecule has 0 fully saturated rings. The van der Waals surface area contributed by atoms with Crippen molar-refractivity contribution in [2.45, 2.75) is 6.54 Å². The van der Waals surface area contributed by atoms with Gasteiger partial charge >= 0.3 is 0 Å². The molecular formula is C6H6IN5S. The second-order valence-electron chi connectivity index (χ2n) is 2.44. The first-order valence-electron chi connectivity index (χ1n) is 3.50. The average molecular weight is 307 g/mol. The second kappa shape index (κ2) is 3.58. The molecule has 68 valence electrons. The van der Waals surface area contributed by atoms with Crippen LogP contribution in [0.4, 0.5) is 5.00 Å². The maximum absolute atomic E-state index is 5.65. The molecule has 0 amide bonds. The fourth-order valence-corrected chi connectivity index (χ4v) is 1.79. The van der Waals surface area contributed by atoms with Gasteiger partial charge in [-0.05, 0) is 22.6 Å². The van der Waals surface area contributed by atoms with E-state index in [4.69, 9.17) is 5.73 Å². The number of nitrogens with zero attached hydrogens (tertiary/aromatic N) is 4. The van der Waals surface area contributed by atoms with Crippen molar-refractivity contribution in [1.82, 2.24) is 19.4 Å². The largest absolute Gasteiger partial charge is 0.388 e. The topological polar surface area (TPSA) is 69.6 Å². The first-order valence-corrected chi connectivity index (χ1v) is 5.35. The molecule has 0 aliphatic rings. The van der Waals surface area contributed by atoms with Gasteiger partial charge in [-0.3, -0.25) is 4.68 Å². The van der Waals surface area contributed by atoms with E-state index in [9.17, 15) is 0 Å². The van der Waals surface area contributed by atoms with E-state index in [0.29, 0.717) is 11.5 Å². The molecule has 2 aromatic rings. The quantitative estimate of drug-likeness (QED) is 0.839. The Morgan fingerprint density at radius 1 is 1.62 bits per heavy atom. The van der Waals surface area contributed by atoms with Crippen LogP contribution in [0.1, 0.15) is 5.69 Å². The summed E-state index contributed by atoms with van der Waals surface area (Å²) in [6, 6.07) is 0. The molecule has 0 bridgehead atoms. The number of halogens is 1. The average Bonchev–Trinajstić information content (AvgIpc) is 2.64. The Morgan fingerprint density at radius 3 is 3.00 bits per heavy atom. The zero-order chi connectivity index (χ0) is 9.26. The predicted molar refractivity (Wildman–Crippen MR) is 58.4 cm³/mol. The minimum Gasteiger partial charge on any atom is -0.388 e. The standard InChI is InChI=1S/C6H6IN5S/c7-4-1-9-12(2-4)3-5-6(8)13-11-10-5/h1-2H,3,8H2. The van der Waals surface area contributed by atoms with E-state index in [1.165, 1.54) is 11.5 Å². The molecule has 0 radical (unpaired) electrons. The molecule has 5 nitrogen and oxygen atoms in total. The summed E-state index contributed by atoms with van der Waals surface area (Å²) in [5, 5.41) is 8.68. The number of anilines is 1. The van der Waals surface area contributed by atoms with Crippen molar-refractivity contribution in [1.29, 1.82) is 0 Å². The molecule has 2 heterocycles. The lowest BCUT2D eigenvalue weighted by molar-refractivity contribution is 0.671. The third kappa shape index (κ3) is 1.97. The van der Waals surface area contributed by atoms with Crippen LogP contribution in [-0.2, 0) is 6.54 Å². The molecule has 2 N–H and O–H groups in total. The Bertz CT molecular complexity index is 409. The molecule has 0 aromatic carbocycles. The van der Waals surface area contributed by atoms with Crippen LogP contribution in [0.2, 0.25) is 0 Å². The molecule has 13 heavy (non-hydrogen) atoms. The highest BCUT2D eigenvalue weighted by atomic mass is 127. The fraction of sp³-hybridized carbons (Fsp3) is 0.167. The van der Waals surface area contributed by atoms with Gasteiger partial charge in [-0.1, -0.05) is 4.49 Å². The summed E-state index contributed by atoms with van der Waals surface area (Å²) in [7, 11) is 0. The number of hydrogen-bond donors (Lipinski definition) is 1. The van der Waals surface area contributed by atoms with Crippen molar-refractivity contribution in [2.24, 2.45) is 0 Å². The fourth-order valence-electron chi connectivity index (χ4n) is 0.903. The SMILES string of the molecule is Nc1snnc1Cn1cc(I)cn1. The molecule has 0 saturated carbocycles. The summed E-state index contributed by atoms with van der Waals surface area (Å²) in [6.07, 6.45) is 3.72. The zero-order valence-corrected chi connectivity index (χ0v) is 9.49. The van der Waals surface area contributed by atoms with Crippen molar-refractivity contribution in [3.63, 3.8) is 0 Å². The van der Waals surface area contributed by atoms with E-state index in [1.54, 1.807) is 10.9 Å². The van der Waals surface area contributed by atoms with E-state index in [0.717, 1.165) is 9.26 Å². The van der Waals surface area contributed by atoms with Crippen molar-refractivity contribution in [3.8, 4) is 0 Å². The normalized spacial score (nSPS) is 10.5. The van der Waals surface area contributed by atoms with Gasteiger partial charge in [0.15, 0.2) is 0 Å². The lowest BCUT2D eigenvalue weighted by Crippen LogP contribution is -2.02. The van der Waals surface area contributed by atoms with Crippen molar-refractivity contribution < 1.29 is 0 Å². The highest BCUT2D eigenvalue weighted by Gasteiger charge is 2.05. The lowest BCUT2D eigenvalue weighted by Gasteiger charge is -1.96. The van der Waals surface area contributed by atoms with Crippen LogP contribution in [0.5, 0.6) is 0 Å². The molecule has 7 heteroatoms. The summed E-state index contributed by atoms with van der Waals surface area (Å²) in [6.45, 7) is 0.589. The van der Waals surface area contributed by atoms with Crippen LogP contribution in [0.3, 0.4) is 0 Å². The number of aromatic nitrogens is 4. The Balaban J connectivity index is 2.19. The lowest BCUT2D eigenvalue weighted by atomic mass is 10.4. The summed E-state index contributed by atoms with van der Waals surface area (Å²) >= 11 is 3.41. The molecule has 0 saturated heterocycles. The number of nitrogen functional groups attached to an aromatic ring is 1. The van der Waals surface area contributed by atoms with E-state index in [-0.39, 0.29) is 0 Å². The van der Waals surface area contributed by atoms with Crippen LogP contribution in [-0.4, -0.2) is 19.4 Å². The number of nitrogens with two attached hydrogens (primary N) is 1. The Kier molecular flexibility index (Phi) is 2.44. The van der Waals surface area contributed by atoms with Gasteiger partial charge in [0.1, 0.15) is 10.7 Å². The third-order valence-corrected chi connectivity index (χ3v) is 2.65. The second-order valence-corrected chi connectivity index (χ2v) is 4.47.